The molecule has 0 aliphatic rings. The standard InChI is InChI=1S/C9H16N3O5P.CH3/c1-18(15,16)6-17-7(5-13)4-12-3-2-8(10)11-9(12)14;/h2-3,7,13H,4-6H2,1H3,(H,15,16)(H2,10,11,14);1H3/q;+1/t7-;/m0./s1. The van der Waals surface area contributed by atoms with Gasteiger partial charge in [0.25, 0.3) is 0 Å². The number of hydrogen-bond acceptors (Lipinski definition) is 6. The third kappa shape index (κ3) is 6.40. The maximum absolute atomic E-state index is 11.4. The molecule has 1 aromatic rings. The van der Waals surface area contributed by atoms with Crippen LogP contribution in [-0.2, 0) is 15.8 Å². The molecule has 1 rings (SSSR count). The Morgan fingerprint density at radius 1 is 1.63 bits per heavy atom. The van der Waals surface area contributed by atoms with Gasteiger partial charge in [-0.25, -0.2) is 4.79 Å². The molecule has 1 unspecified atom stereocenters. The van der Waals surface area contributed by atoms with Gasteiger partial charge in [0.2, 0.25) is 7.37 Å². The molecule has 8 nitrogen and oxygen atoms in total. The molecule has 2 atom stereocenters. The van der Waals surface area contributed by atoms with Crippen molar-refractivity contribution in [2.45, 2.75) is 12.6 Å². The van der Waals surface area contributed by atoms with Crippen LogP contribution in [-0.4, -0.2) is 45.3 Å². The van der Waals surface area contributed by atoms with Gasteiger partial charge >= 0.3 is 5.69 Å². The van der Waals surface area contributed by atoms with Crippen molar-refractivity contribution in [3.63, 3.8) is 0 Å². The Morgan fingerprint density at radius 3 is 2.74 bits per heavy atom. The van der Waals surface area contributed by atoms with Crippen molar-refractivity contribution in [2.24, 2.45) is 0 Å². The highest BCUT2D eigenvalue weighted by Crippen LogP contribution is 2.35. The fraction of sp³-hybridized carbons (Fsp3) is 0.500. The molecule has 0 amide bonds. The topological polar surface area (TPSA) is 128 Å². The van der Waals surface area contributed by atoms with Gasteiger partial charge in [0.05, 0.1) is 19.3 Å². The number of nitrogen functional groups attached to an aromatic ring is 1. The lowest BCUT2D eigenvalue weighted by Crippen LogP contribution is -2.32. The van der Waals surface area contributed by atoms with Crippen LogP contribution in [0.25, 0.3) is 0 Å². The van der Waals surface area contributed by atoms with Gasteiger partial charge in [0.1, 0.15) is 12.2 Å². The first kappa shape index (κ1) is 17.7. The minimum Gasteiger partial charge on any atom is -0.394 e. The van der Waals surface area contributed by atoms with E-state index in [1.807, 2.05) is 0 Å². The highest BCUT2D eigenvalue weighted by molar-refractivity contribution is 7.56. The van der Waals surface area contributed by atoms with Crippen LogP contribution in [0.15, 0.2) is 17.1 Å². The molecule has 0 spiro atoms. The summed E-state index contributed by atoms with van der Waals surface area (Å²) in [4.78, 5) is 24.0. The van der Waals surface area contributed by atoms with E-state index in [2.05, 4.69) is 4.98 Å². The first-order chi connectivity index (χ1) is 8.31. The van der Waals surface area contributed by atoms with Crippen molar-refractivity contribution < 1.29 is 19.3 Å². The van der Waals surface area contributed by atoms with Gasteiger partial charge in [-0.3, -0.25) is 9.13 Å². The van der Waals surface area contributed by atoms with Crippen LogP contribution >= 0.6 is 7.37 Å². The summed E-state index contributed by atoms with van der Waals surface area (Å²) in [5.41, 5.74) is 4.76. The summed E-state index contributed by atoms with van der Waals surface area (Å²) in [6.45, 7) is 0.803. The minimum atomic E-state index is -3.31. The number of ether oxygens (including phenoxy) is 1. The number of aliphatic hydroxyl groups excluding tert-OH is 1. The molecule has 0 bridgehead atoms. The largest absolute Gasteiger partial charge is 0.394 e. The predicted octanol–water partition coefficient (Wildman–Crippen LogP) is -0.489. The monoisotopic (exact) mass is 292 g/mol. The van der Waals surface area contributed by atoms with Crippen molar-refractivity contribution in [1.29, 1.82) is 0 Å². The van der Waals surface area contributed by atoms with Crippen LogP contribution in [0.4, 0.5) is 5.82 Å². The third-order valence-corrected chi connectivity index (χ3v) is 2.68. The van der Waals surface area contributed by atoms with Crippen LogP contribution in [0.3, 0.4) is 0 Å². The molecule has 0 saturated carbocycles. The number of rotatable bonds is 6. The molecular formula is C10H19N3O5P+. The fourth-order valence-corrected chi connectivity index (χ4v) is 1.69. The van der Waals surface area contributed by atoms with Crippen molar-refractivity contribution in [2.75, 3.05) is 25.4 Å². The van der Waals surface area contributed by atoms with E-state index in [4.69, 9.17) is 20.5 Å². The van der Waals surface area contributed by atoms with Crippen molar-refractivity contribution in [1.82, 2.24) is 9.55 Å². The zero-order chi connectivity index (χ0) is 13.8. The second kappa shape index (κ2) is 7.30. The Labute approximate surface area is 111 Å². The normalized spacial score (nSPS) is 15.3. The third-order valence-electron chi connectivity index (χ3n) is 2.05. The van der Waals surface area contributed by atoms with Gasteiger partial charge in [0.15, 0.2) is 0 Å². The first-order valence-corrected chi connectivity index (χ1v) is 7.46. The van der Waals surface area contributed by atoms with Crippen molar-refractivity contribution in [3.8, 4) is 0 Å². The predicted molar refractivity (Wildman–Crippen MR) is 71.9 cm³/mol. The van der Waals surface area contributed by atoms with Crippen LogP contribution in [0.1, 0.15) is 0 Å². The Kier molecular flexibility index (Phi) is 6.78. The second-order valence-electron chi connectivity index (χ2n) is 3.94. The fourth-order valence-electron chi connectivity index (χ4n) is 1.21. The van der Waals surface area contributed by atoms with Gasteiger partial charge < -0.3 is 20.5 Å². The molecule has 0 saturated heterocycles. The van der Waals surface area contributed by atoms with Crippen molar-refractivity contribution in [3.05, 3.63) is 30.2 Å². The van der Waals surface area contributed by atoms with Gasteiger partial charge in [-0.15, -0.1) is 0 Å². The Hall–Kier alpha value is -1.34. The maximum Gasteiger partial charge on any atom is 0.349 e. The summed E-state index contributed by atoms with van der Waals surface area (Å²) in [6.07, 6.45) is 0.282. The van der Waals surface area contributed by atoms with Crippen molar-refractivity contribution >= 4 is 13.2 Å². The highest BCUT2D eigenvalue weighted by atomic mass is 31.2. The zero-order valence-electron chi connectivity index (χ0n) is 10.9. The minimum absolute atomic E-state index is 0. The number of anilines is 1. The highest BCUT2D eigenvalue weighted by Gasteiger charge is 2.16. The molecule has 0 aromatic carbocycles. The summed E-state index contributed by atoms with van der Waals surface area (Å²) < 4.78 is 17.3. The van der Waals surface area contributed by atoms with E-state index in [9.17, 15) is 9.36 Å². The van der Waals surface area contributed by atoms with E-state index in [0.29, 0.717) is 0 Å². The quantitative estimate of drug-likeness (QED) is 0.477. The molecule has 4 N–H and O–H groups in total. The van der Waals surface area contributed by atoms with Gasteiger partial charge in [-0.1, -0.05) is 0 Å². The lowest BCUT2D eigenvalue weighted by atomic mass is 10.3. The van der Waals surface area contributed by atoms with Gasteiger partial charge in [-0.2, -0.15) is 4.98 Å². The van der Waals surface area contributed by atoms with E-state index >= 15 is 0 Å². The summed E-state index contributed by atoms with van der Waals surface area (Å²) in [7, 11) is -3.31. The lowest BCUT2D eigenvalue weighted by Gasteiger charge is -2.17. The summed E-state index contributed by atoms with van der Waals surface area (Å²) in [5.74, 6) is 0.103. The van der Waals surface area contributed by atoms with E-state index < -0.39 is 19.2 Å². The average molecular weight is 292 g/mol. The van der Waals surface area contributed by atoms with Crippen LogP contribution in [0.2, 0.25) is 0 Å². The number of nitrogens with two attached hydrogens (primary N) is 1. The molecule has 0 fully saturated rings. The molecule has 0 aliphatic carbocycles. The smallest absolute Gasteiger partial charge is 0.349 e. The molecule has 108 valence electrons. The molecule has 1 heterocycles. The van der Waals surface area contributed by atoms with Crippen LogP contribution in [0.5, 0.6) is 0 Å². The number of aromatic nitrogens is 2. The molecule has 1 aromatic heterocycles. The summed E-state index contributed by atoms with van der Waals surface area (Å²) in [6, 6.07) is 1.44. The second-order valence-corrected chi connectivity index (χ2v) is 6.30. The summed E-state index contributed by atoms with van der Waals surface area (Å²) in [5, 5.41) is 9.07. The SMILES string of the molecule is CP(=O)(O)CO[C@H](CO)Cn1ccc(N)nc1=O.[CH3+]. The van der Waals surface area contributed by atoms with E-state index in [0.717, 1.165) is 6.66 Å². The number of nitrogens with zero attached hydrogens (tertiary/aromatic N) is 2. The Bertz CT molecular complexity index is 498. The van der Waals surface area contributed by atoms with Crippen LogP contribution in [0, 0.1) is 7.43 Å². The maximum atomic E-state index is 11.4. The Balaban J connectivity index is 0.00000324. The van der Waals surface area contributed by atoms with E-state index in [-0.39, 0.29) is 32.7 Å². The molecule has 0 aliphatic heterocycles. The molecule has 19 heavy (non-hydrogen) atoms. The lowest BCUT2D eigenvalue weighted by molar-refractivity contribution is 0.0225. The van der Waals surface area contributed by atoms with Gasteiger partial charge in [0, 0.05) is 20.3 Å². The van der Waals surface area contributed by atoms with E-state index in [1.165, 1.54) is 16.8 Å². The zero-order valence-corrected chi connectivity index (χ0v) is 11.8. The molecule has 0 radical (unpaired) electrons. The average Bonchev–Trinajstić information content (AvgIpc) is 2.25. The van der Waals surface area contributed by atoms with E-state index in [1.54, 1.807) is 0 Å². The molecular weight excluding hydrogens is 273 g/mol. The number of aliphatic hydroxyl groups is 1. The van der Waals surface area contributed by atoms with Crippen LogP contribution < -0.4 is 11.4 Å². The first-order valence-electron chi connectivity index (χ1n) is 5.16. The summed E-state index contributed by atoms with van der Waals surface area (Å²) >= 11 is 0. The Morgan fingerprint density at radius 2 is 2.26 bits per heavy atom. The molecule has 9 heteroatoms. The number of hydrogen-bond donors (Lipinski definition) is 3. The van der Waals surface area contributed by atoms with Gasteiger partial charge in [-0.05, 0) is 6.07 Å².